The molecule has 0 radical (unpaired) electrons. The number of aromatic nitrogens is 3. The van der Waals surface area contributed by atoms with Crippen LogP contribution in [0.15, 0.2) is 47.8 Å². The maximum Gasteiger partial charge on any atom is 0.418 e. The van der Waals surface area contributed by atoms with E-state index in [1.165, 1.54) is 19.4 Å². The van der Waals surface area contributed by atoms with Crippen molar-refractivity contribution in [2.45, 2.75) is 30.1 Å². The zero-order valence-electron chi connectivity index (χ0n) is 15.7. The highest BCUT2D eigenvalue weighted by atomic mass is 32.2. The molecule has 3 aromatic rings. The molecule has 0 saturated heterocycles. The summed E-state index contributed by atoms with van der Waals surface area (Å²) in [6.45, 7) is -0.365. The third kappa shape index (κ3) is 4.00. The van der Waals surface area contributed by atoms with Crippen molar-refractivity contribution < 1.29 is 27.4 Å². The predicted molar refractivity (Wildman–Crippen MR) is 102 cm³/mol. The van der Waals surface area contributed by atoms with E-state index in [0.29, 0.717) is 17.2 Å². The largest absolute Gasteiger partial charge is 0.493 e. The number of methoxy groups -OCH3 is 1. The topological polar surface area (TPSA) is 77.1 Å². The first kappa shape index (κ1) is 20.3. The van der Waals surface area contributed by atoms with Gasteiger partial charge in [-0.1, -0.05) is 6.07 Å². The molecule has 0 saturated carbocycles. The molecule has 30 heavy (non-hydrogen) atoms. The lowest BCUT2D eigenvalue weighted by molar-refractivity contribution is -0.138. The Morgan fingerprint density at radius 2 is 2.10 bits per heavy atom. The second kappa shape index (κ2) is 8.02. The van der Waals surface area contributed by atoms with Crippen molar-refractivity contribution in [2.24, 2.45) is 0 Å². The number of rotatable bonds is 5. The number of nitrogens with zero attached hydrogens (tertiary/aromatic N) is 2. The van der Waals surface area contributed by atoms with Gasteiger partial charge < -0.3 is 9.47 Å². The Morgan fingerprint density at radius 1 is 1.27 bits per heavy atom. The minimum absolute atomic E-state index is 0.0193. The maximum absolute atomic E-state index is 13.1. The van der Waals surface area contributed by atoms with Crippen molar-refractivity contribution in [3.63, 3.8) is 0 Å². The Bertz CT molecular complexity index is 1080. The molecule has 0 fully saturated rings. The van der Waals surface area contributed by atoms with Crippen molar-refractivity contribution in [1.29, 1.82) is 0 Å². The summed E-state index contributed by atoms with van der Waals surface area (Å²) >= 11 is 1.13. The minimum atomic E-state index is -4.52. The van der Waals surface area contributed by atoms with Crippen LogP contribution in [0.1, 0.15) is 34.7 Å². The van der Waals surface area contributed by atoms with E-state index in [1.54, 1.807) is 24.4 Å². The highest BCUT2D eigenvalue weighted by Crippen LogP contribution is 2.43. The number of alkyl halides is 3. The number of thioether (sulfide) groups is 1. The van der Waals surface area contributed by atoms with Crippen molar-refractivity contribution in [1.82, 2.24) is 15.2 Å². The normalized spacial score (nSPS) is 16.3. The van der Waals surface area contributed by atoms with Gasteiger partial charge in [0.2, 0.25) is 0 Å². The highest BCUT2D eigenvalue weighted by Gasteiger charge is 2.34. The molecule has 1 aromatic carbocycles. The predicted octanol–water partition coefficient (Wildman–Crippen LogP) is 4.57. The lowest BCUT2D eigenvalue weighted by atomic mass is 9.90. The third-order valence-corrected chi connectivity index (χ3v) is 5.67. The summed E-state index contributed by atoms with van der Waals surface area (Å²) in [6.07, 6.45) is -1.23. The molecule has 0 bridgehead atoms. The second-order valence-electron chi connectivity index (χ2n) is 6.58. The van der Waals surface area contributed by atoms with Crippen LogP contribution in [0, 0.1) is 0 Å². The summed E-state index contributed by atoms with van der Waals surface area (Å²) in [5, 5.41) is 7.57. The molecular weight excluding hydrogens is 419 g/mol. The Kier molecular flexibility index (Phi) is 5.42. The van der Waals surface area contributed by atoms with Crippen LogP contribution in [0.2, 0.25) is 0 Å². The monoisotopic (exact) mass is 435 g/mol. The first-order valence-corrected chi connectivity index (χ1v) is 9.74. The van der Waals surface area contributed by atoms with Crippen LogP contribution in [0.5, 0.6) is 11.5 Å². The Balaban J connectivity index is 1.59. The van der Waals surface area contributed by atoms with Crippen molar-refractivity contribution in [3.05, 3.63) is 65.1 Å². The van der Waals surface area contributed by atoms with Crippen LogP contribution >= 0.6 is 11.8 Å². The molecule has 0 aliphatic carbocycles. The highest BCUT2D eigenvalue weighted by molar-refractivity contribution is 8.13. The fourth-order valence-corrected chi connectivity index (χ4v) is 4.21. The smallest absolute Gasteiger partial charge is 0.418 e. The summed E-state index contributed by atoms with van der Waals surface area (Å²) < 4.78 is 50.4. The maximum atomic E-state index is 13.1. The summed E-state index contributed by atoms with van der Waals surface area (Å²) in [6, 6.07) is 7.31. The lowest BCUT2D eigenvalue weighted by Gasteiger charge is -2.22. The molecule has 6 nitrogen and oxygen atoms in total. The molecule has 0 amide bonds. The second-order valence-corrected chi connectivity index (χ2v) is 7.65. The van der Waals surface area contributed by atoms with E-state index in [-0.39, 0.29) is 29.1 Å². The number of fused-ring (bicyclic) bond motifs is 1. The van der Waals surface area contributed by atoms with Crippen LogP contribution in [-0.2, 0) is 17.6 Å². The Hall–Kier alpha value is -3.01. The van der Waals surface area contributed by atoms with E-state index < -0.39 is 11.7 Å². The van der Waals surface area contributed by atoms with Gasteiger partial charge in [-0.15, -0.1) is 0 Å². The van der Waals surface area contributed by atoms with E-state index in [9.17, 15) is 18.0 Å². The quantitative estimate of drug-likeness (QED) is 0.633. The number of H-pyrrole nitrogens is 1. The lowest BCUT2D eigenvalue weighted by Crippen LogP contribution is -2.13. The van der Waals surface area contributed by atoms with Gasteiger partial charge in [-0.2, -0.15) is 18.3 Å². The van der Waals surface area contributed by atoms with Gasteiger partial charge in [0.1, 0.15) is 11.6 Å². The standard InChI is InChI=1S/C20H16F3N3O3S/c1-28-17-7-11(12-8-18(27)30-19-13(12)9-25-26-19)4-5-16(17)29-10-15-14(20(21,22)23)3-2-6-24-15/h2-7,9,12H,8,10H2,1H3,(H,25,26). The number of benzene rings is 1. The van der Waals surface area contributed by atoms with Gasteiger partial charge in [-0.25, -0.2) is 0 Å². The summed E-state index contributed by atoms with van der Waals surface area (Å²) in [4.78, 5) is 15.9. The number of hydrogen-bond donors (Lipinski definition) is 1. The number of carbonyl (C=O) groups excluding carboxylic acids is 1. The molecule has 2 aromatic heterocycles. The van der Waals surface area contributed by atoms with E-state index in [2.05, 4.69) is 15.2 Å². The molecule has 156 valence electrons. The molecule has 1 N–H and O–H groups in total. The number of halogens is 3. The summed E-state index contributed by atoms with van der Waals surface area (Å²) in [5.41, 5.74) is 0.684. The fraction of sp³-hybridized carbons (Fsp3) is 0.250. The number of carbonyl (C=O) groups is 1. The van der Waals surface area contributed by atoms with Crippen LogP contribution in [-0.4, -0.2) is 27.4 Å². The molecule has 1 aliphatic heterocycles. The number of pyridine rings is 1. The van der Waals surface area contributed by atoms with Crippen LogP contribution in [0.4, 0.5) is 13.2 Å². The summed E-state index contributed by atoms with van der Waals surface area (Å²) in [7, 11) is 1.44. The van der Waals surface area contributed by atoms with Gasteiger partial charge in [0.05, 0.1) is 24.6 Å². The molecule has 4 rings (SSSR count). The minimum Gasteiger partial charge on any atom is -0.493 e. The molecule has 3 heterocycles. The van der Waals surface area contributed by atoms with E-state index in [0.717, 1.165) is 29.0 Å². The fourth-order valence-electron chi connectivity index (χ4n) is 3.32. The van der Waals surface area contributed by atoms with E-state index >= 15 is 0 Å². The average Bonchev–Trinajstić information content (AvgIpc) is 3.19. The van der Waals surface area contributed by atoms with Crippen molar-refractivity contribution in [3.8, 4) is 11.5 Å². The number of hydrogen-bond acceptors (Lipinski definition) is 6. The molecule has 1 aliphatic rings. The molecular formula is C20H16F3N3O3S. The van der Waals surface area contributed by atoms with Crippen LogP contribution < -0.4 is 9.47 Å². The van der Waals surface area contributed by atoms with Gasteiger partial charge in [0.15, 0.2) is 16.6 Å². The first-order chi connectivity index (χ1) is 14.4. The average molecular weight is 435 g/mol. The zero-order valence-corrected chi connectivity index (χ0v) is 16.5. The molecule has 0 spiro atoms. The SMILES string of the molecule is COc1cc(C2CC(=O)Sc3[nH]ncc32)ccc1OCc1ncccc1C(F)(F)F. The number of aromatic amines is 1. The Morgan fingerprint density at radius 3 is 2.87 bits per heavy atom. The number of ether oxygens (including phenoxy) is 2. The van der Waals surface area contributed by atoms with Gasteiger partial charge in [0.25, 0.3) is 0 Å². The van der Waals surface area contributed by atoms with Gasteiger partial charge in [-0.3, -0.25) is 14.9 Å². The van der Waals surface area contributed by atoms with Gasteiger partial charge in [-0.05, 0) is 41.6 Å². The summed E-state index contributed by atoms with van der Waals surface area (Å²) in [5.74, 6) is 0.444. The van der Waals surface area contributed by atoms with Gasteiger partial charge >= 0.3 is 6.18 Å². The van der Waals surface area contributed by atoms with E-state index in [1.807, 2.05) is 0 Å². The number of nitrogens with one attached hydrogen (secondary N) is 1. The van der Waals surface area contributed by atoms with E-state index in [4.69, 9.17) is 9.47 Å². The van der Waals surface area contributed by atoms with Gasteiger partial charge in [0, 0.05) is 24.1 Å². The zero-order chi connectivity index (χ0) is 21.3. The molecule has 10 heteroatoms. The van der Waals surface area contributed by atoms with Crippen molar-refractivity contribution >= 4 is 16.9 Å². The third-order valence-electron chi connectivity index (χ3n) is 4.74. The first-order valence-electron chi connectivity index (χ1n) is 8.92. The van der Waals surface area contributed by atoms with Crippen LogP contribution in [0.25, 0.3) is 0 Å². The molecule has 1 atom stereocenters. The van der Waals surface area contributed by atoms with Crippen LogP contribution in [0.3, 0.4) is 0 Å². The Labute approximate surface area is 173 Å². The molecule has 1 unspecified atom stereocenters. The van der Waals surface area contributed by atoms with Crippen molar-refractivity contribution in [2.75, 3.05) is 7.11 Å².